The SMILES string of the molecule is Cc1cc(F)ccc1[C@H]1CN(C2CN(C(=O)N(C)C)C2)CC[C@@H]1C(=O)NC[C@H](C)c1cc(C(F)(F)F)cc(C(F)(F)F)c1. The van der Waals surface area contributed by atoms with Gasteiger partial charge in [-0.1, -0.05) is 13.0 Å². The Kier molecular flexibility index (Phi) is 9.34. The first-order chi connectivity index (χ1) is 20.0. The van der Waals surface area contributed by atoms with Gasteiger partial charge in [0.15, 0.2) is 0 Å². The lowest BCUT2D eigenvalue weighted by Gasteiger charge is -2.49. The number of rotatable bonds is 6. The third kappa shape index (κ3) is 7.42. The Labute approximate surface area is 245 Å². The van der Waals surface area contributed by atoms with Crippen LogP contribution in [0.2, 0.25) is 0 Å². The number of alkyl halides is 6. The molecular weight excluding hydrogens is 581 g/mol. The third-order valence-electron chi connectivity index (χ3n) is 8.41. The molecule has 0 aromatic heterocycles. The Morgan fingerprint density at radius 3 is 2.12 bits per heavy atom. The lowest BCUT2D eigenvalue weighted by Crippen LogP contribution is -2.64. The second-order valence-electron chi connectivity index (χ2n) is 11.7. The van der Waals surface area contributed by atoms with Gasteiger partial charge in [-0.15, -0.1) is 0 Å². The Hall–Kier alpha value is -3.35. The van der Waals surface area contributed by atoms with Crippen molar-refractivity contribution >= 4 is 11.9 Å². The van der Waals surface area contributed by atoms with Crippen molar-refractivity contribution < 1.29 is 40.3 Å². The number of amides is 3. The van der Waals surface area contributed by atoms with Gasteiger partial charge >= 0.3 is 18.4 Å². The average Bonchev–Trinajstić information content (AvgIpc) is 2.89. The maximum atomic E-state index is 13.9. The largest absolute Gasteiger partial charge is 0.416 e. The summed E-state index contributed by atoms with van der Waals surface area (Å²) in [5.41, 5.74) is -1.55. The van der Waals surface area contributed by atoms with Crippen molar-refractivity contribution in [2.75, 3.05) is 46.8 Å². The quantitative estimate of drug-likeness (QED) is 0.414. The number of urea groups is 1. The zero-order valence-corrected chi connectivity index (χ0v) is 24.3. The highest BCUT2D eigenvalue weighted by molar-refractivity contribution is 5.80. The Morgan fingerprint density at radius 1 is 0.977 bits per heavy atom. The molecule has 13 heteroatoms. The molecule has 0 bridgehead atoms. The van der Waals surface area contributed by atoms with Crippen LogP contribution in [0.25, 0.3) is 0 Å². The molecule has 2 fully saturated rings. The van der Waals surface area contributed by atoms with Crippen LogP contribution in [0.15, 0.2) is 36.4 Å². The van der Waals surface area contributed by atoms with Crippen LogP contribution in [0.4, 0.5) is 35.5 Å². The molecule has 0 radical (unpaired) electrons. The van der Waals surface area contributed by atoms with Crippen molar-refractivity contribution in [2.45, 2.75) is 50.5 Å². The normalized spacial score (nSPS) is 20.9. The summed E-state index contributed by atoms with van der Waals surface area (Å²) in [4.78, 5) is 31.2. The minimum atomic E-state index is -4.97. The molecule has 0 aliphatic carbocycles. The molecular formula is C30H35F7N4O2. The summed E-state index contributed by atoms with van der Waals surface area (Å²) >= 11 is 0. The van der Waals surface area contributed by atoms with E-state index >= 15 is 0 Å². The standard InChI is InChI=1S/C30H35F7N4O2/c1-17-9-22(31)5-6-24(17)26-16-40(23-14-41(15-23)28(43)39(3)4)8-7-25(26)27(42)38-13-18(2)19-10-20(29(32,33)34)12-21(11-19)30(35,36)37/h5-6,9-12,18,23,25-26H,7-8,13-16H2,1-4H3,(H,38,42)/t18-,25-,26+/m0/s1. The summed E-state index contributed by atoms with van der Waals surface area (Å²) in [5.74, 6) is -2.53. The number of piperidine rings is 1. The lowest BCUT2D eigenvalue weighted by molar-refractivity contribution is -0.143. The Balaban J connectivity index is 1.50. The van der Waals surface area contributed by atoms with Gasteiger partial charge in [0.25, 0.3) is 0 Å². The van der Waals surface area contributed by atoms with E-state index in [9.17, 15) is 40.3 Å². The molecule has 0 unspecified atom stereocenters. The van der Waals surface area contributed by atoms with Crippen LogP contribution in [-0.2, 0) is 17.1 Å². The van der Waals surface area contributed by atoms with Gasteiger partial charge in [0.2, 0.25) is 5.91 Å². The lowest BCUT2D eigenvalue weighted by atomic mass is 9.77. The van der Waals surface area contributed by atoms with Crippen LogP contribution < -0.4 is 5.32 Å². The van der Waals surface area contributed by atoms with Gasteiger partial charge in [0.1, 0.15) is 5.82 Å². The highest BCUT2D eigenvalue weighted by atomic mass is 19.4. The van der Waals surface area contributed by atoms with Crippen LogP contribution in [0, 0.1) is 18.7 Å². The summed E-state index contributed by atoms with van der Waals surface area (Å²) in [7, 11) is 3.35. The number of likely N-dealkylation sites (tertiary alicyclic amines) is 2. The minimum Gasteiger partial charge on any atom is -0.355 e. The number of nitrogens with one attached hydrogen (secondary N) is 1. The van der Waals surface area contributed by atoms with Gasteiger partial charge in [-0.25, -0.2) is 9.18 Å². The van der Waals surface area contributed by atoms with E-state index < -0.39 is 41.1 Å². The molecule has 3 amide bonds. The highest BCUT2D eigenvalue weighted by Gasteiger charge is 2.42. The summed E-state index contributed by atoms with van der Waals surface area (Å²) in [5, 5.41) is 2.75. The predicted molar refractivity (Wildman–Crippen MR) is 146 cm³/mol. The second kappa shape index (κ2) is 12.3. The highest BCUT2D eigenvalue weighted by Crippen LogP contribution is 2.39. The number of carbonyl (C=O) groups is 2. The number of hydrogen-bond acceptors (Lipinski definition) is 3. The van der Waals surface area contributed by atoms with Gasteiger partial charge in [0, 0.05) is 58.2 Å². The van der Waals surface area contributed by atoms with Gasteiger partial charge < -0.3 is 15.1 Å². The zero-order valence-electron chi connectivity index (χ0n) is 24.3. The van der Waals surface area contributed by atoms with Crippen molar-refractivity contribution in [3.63, 3.8) is 0 Å². The van der Waals surface area contributed by atoms with Gasteiger partial charge in [0.05, 0.1) is 11.1 Å². The van der Waals surface area contributed by atoms with Crippen LogP contribution in [0.1, 0.15) is 53.0 Å². The maximum absolute atomic E-state index is 13.9. The Bertz CT molecular complexity index is 1310. The molecule has 2 aromatic rings. The van der Waals surface area contributed by atoms with Crippen LogP contribution in [-0.4, -0.2) is 79.5 Å². The first-order valence-corrected chi connectivity index (χ1v) is 14.0. The molecule has 1 N–H and O–H groups in total. The molecule has 2 saturated heterocycles. The number of benzene rings is 2. The molecule has 4 rings (SSSR count). The number of aryl methyl sites for hydroxylation is 1. The molecule has 43 heavy (non-hydrogen) atoms. The van der Waals surface area contributed by atoms with Crippen LogP contribution >= 0.6 is 0 Å². The zero-order chi connectivity index (χ0) is 31.9. The van der Waals surface area contributed by atoms with Crippen LogP contribution in [0.3, 0.4) is 0 Å². The molecule has 3 atom stereocenters. The van der Waals surface area contributed by atoms with Gasteiger partial charge in [-0.2, -0.15) is 26.3 Å². The molecule has 0 saturated carbocycles. The van der Waals surface area contributed by atoms with E-state index in [1.165, 1.54) is 24.0 Å². The van der Waals surface area contributed by atoms with Crippen molar-refractivity contribution in [3.05, 3.63) is 70.0 Å². The molecule has 6 nitrogen and oxygen atoms in total. The number of nitrogens with zero attached hydrogens (tertiary/aromatic N) is 3. The predicted octanol–water partition coefficient (Wildman–Crippen LogP) is 5.86. The van der Waals surface area contributed by atoms with Crippen LogP contribution in [0.5, 0.6) is 0 Å². The average molecular weight is 617 g/mol. The van der Waals surface area contributed by atoms with Crippen molar-refractivity contribution in [1.82, 2.24) is 20.0 Å². The van der Waals surface area contributed by atoms with E-state index in [2.05, 4.69) is 10.2 Å². The van der Waals surface area contributed by atoms with Crippen molar-refractivity contribution in [1.29, 1.82) is 0 Å². The van der Waals surface area contributed by atoms with E-state index in [-0.39, 0.29) is 42.1 Å². The molecule has 236 valence electrons. The van der Waals surface area contributed by atoms with Gasteiger partial charge in [-0.3, -0.25) is 9.69 Å². The molecule has 2 aromatic carbocycles. The van der Waals surface area contributed by atoms with E-state index in [0.717, 1.165) is 5.56 Å². The maximum Gasteiger partial charge on any atom is 0.416 e. The van der Waals surface area contributed by atoms with E-state index in [4.69, 9.17) is 0 Å². The molecule has 0 spiro atoms. The second-order valence-corrected chi connectivity index (χ2v) is 11.7. The van der Waals surface area contributed by atoms with Gasteiger partial charge in [-0.05, 0) is 72.8 Å². The number of hydrogen-bond donors (Lipinski definition) is 1. The summed E-state index contributed by atoms with van der Waals surface area (Å²) in [6.45, 7) is 5.14. The first kappa shape index (κ1) is 32.6. The van der Waals surface area contributed by atoms with E-state index in [0.29, 0.717) is 50.3 Å². The fourth-order valence-corrected chi connectivity index (χ4v) is 5.88. The summed E-state index contributed by atoms with van der Waals surface area (Å²) < 4.78 is 94.0. The minimum absolute atomic E-state index is 0.0793. The summed E-state index contributed by atoms with van der Waals surface area (Å²) in [6.07, 6.45) is -9.50. The van der Waals surface area contributed by atoms with E-state index in [1.54, 1.807) is 32.0 Å². The van der Waals surface area contributed by atoms with Crippen molar-refractivity contribution in [3.8, 4) is 0 Å². The molecule has 2 aliphatic heterocycles. The van der Waals surface area contributed by atoms with E-state index in [1.807, 2.05) is 0 Å². The fraction of sp³-hybridized carbons (Fsp3) is 0.533. The summed E-state index contributed by atoms with van der Waals surface area (Å²) in [6, 6.07) is 5.80. The fourth-order valence-electron chi connectivity index (χ4n) is 5.88. The monoisotopic (exact) mass is 616 g/mol. The number of carbonyl (C=O) groups excluding carboxylic acids is 2. The smallest absolute Gasteiger partial charge is 0.355 e. The Morgan fingerprint density at radius 2 is 1.58 bits per heavy atom. The number of halogens is 7. The third-order valence-corrected chi connectivity index (χ3v) is 8.41. The topological polar surface area (TPSA) is 55.9 Å². The first-order valence-electron chi connectivity index (χ1n) is 14.0. The molecule has 2 aliphatic rings. The van der Waals surface area contributed by atoms with Crippen molar-refractivity contribution in [2.24, 2.45) is 5.92 Å². The molecule has 2 heterocycles.